The number of hydrogen-bond acceptors (Lipinski definition) is 5. The molecule has 0 unspecified atom stereocenters. The highest BCUT2D eigenvalue weighted by atomic mass is 32.1. The predicted octanol–water partition coefficient (Wildman–Crippen LogP) is 2.84. The Bertz CT molecular complexity index is 343. The first-order chi connectivity index (χ1) is 9.21. The number of aryl methyl sites for hydroxylation is 1. The number of aliphatic hydroxyl groups excluding tert-OH is 1. The quantitative estimate of drug-likeness (QED) is 0.758. The summed E-state index contributed by atoms with van der Waals surface area (Å²) in [5, 5.41) is 10.4. The Hall–Kier alpha value is -0.650. The Kier molecular flexibility index (Phi) is 7.34. The van der Waals surface area contributed by atoms with Crippen LogP contribution in [0, 0.1) is 0 Å². The monoisotopic (exact) mass is 286 g/mol. The molecule has 0 fully saturated rings. The van der Waals surface area contributed by atoms with Gasteiger partial charge in [0.2, 0.25) is 0 Å². The average Bonchev–Trinajstić information content (AvgIpc) is 2.86. The van der Waals surface area contributed by atoms with Crippen LogP contribution in [0.2, 0.25) is 0 Å². The molecule has 0 atom stereocenters. The minimum atomic E-state index is 0.0852. The summed E-state index contributed by atoms with van der Waals surface area (Å²) in [6, 6.07) is 0.484. The van der Waals surface area contributed by atoms with E-state index < -0.39 is 0 Å². The van der Waals surface area contributed by atoms with E-state index in [9.17, 15) is 5.11 Å². The normalized spacial score (nSPS) is 11.3. The molecule has 0 bridgehead atoms. The van der Waals surface area contributed by atoms with Crippen LogP contribution in [0.3, 0.4) is 0 Å². The number of rotatable bonds is 9. The second kappa shape index (κ2) is 8.51. The van der Waals surface area contributed by atoms with Crippen LogP contribution in [0.1, 0.15) is 44.2 Å². The third-order valence-electron chi connectivity index (χ3n) is 3.41. The van der Waals surface area contributed by atoms with Crippen LogP contribution in [0.5, 0.6) is 0 Å². The van der Waals surface area contributed by atoms with Gasteiger partial charge in [0.15, 0.2) is 5.13 Å². The third kappa shape index (κ3) is 4.16. The number of aromatic nitrogens is 1. The summed E-state index contributed by atoms with van der Waals surface area (Å²) in [6.45, 7) is 8.12. The maximum Gasteiger partial charge on any atom is 0.186 e. The molecule has 4 nitrogen and oxygen atoms in total. The molecule has 5 heteroatoms. The van der Waals surface area contributed by atoms with Crippen molar-refractivity contribution >= 4 is 16.5 Å². The Morgan fingerprint density at radius 3 is 2.42 bits per heavy atom. The smallest absolute Gasteiger partial charge is 0.186 e. The van der Waals surface area contributed by atoms with Gasteiger partial charge >= 0.3 is 0 Å². The van der Waals surface area contributed by atoms with Crippen LogP contribution in [0.15, 0.2) is 0 Å². The fraction of sp³-hybridized carbons (Fsp3) is 0.786. The second-order valence-electron chi connectivity index (χ2n) is 4.53. The predicted molar refractivity (Wildman–Crippen MR) is 81.0 cm³/mol. The molecule has 1 N–H and O–H groups in total. The van der Waals surface area contributed by atoms with Crippen molar-refractivity contribution < 1.29 is 9.84 Å². The molecule has 0 spiro atoms. The fourth-order valence-corrected chi connectivity index (χ4v) is 3.35. The molecule has 1 heterocycles. The zero-order chi connectivity index (χ0) is 14.3. The first-order valence-electron chi connectivity index (χ1n) is 7.06. The number of anilines is 1. The topological polar surface area (TPSA) is 45.6 Å². The van der Waals surface area contributed by atoms with Crippen molar-refractivity contribution in [2.45, 2.75) is 52.7 Å². The lowest BCUT2D eigenvalue weighted by atomic mass is 10.1. The van der Waals surface area contributed by atoms with E-state index in [1.54, 1.807) is 18.4 Å². The zero-order valence-electron chi connectivity index (χ0n) is 12.5. The summed E-state index contributed by atoms with van der Waals surface area (Å²) >= 11 is 1.61. The van der Waals surface area contributed by atoms with Crippen molar-refractivity contribution in [1.82, 2.24) is 4.98 Å². The van der Waals surface area contributed by atoms with Gasteiger partial charge in [0, 0.05) is 19.7 Å². The number of methoxy groups -OCH3 is 1. The van der Waals surface area contributed by atoms with Gasteiger partial charge < -0.3 is 14.7 Å². The first-order valence-corrected chi connectivity index (χ1v) is 7.88. The number of hydrogen-bond donors (Lipinski definition) is 1. The van der Waals surface area contributed by atoms with Crippen molar-refractivity contribution in [1.29, 1.82) is 0 Å². The minimum absolute atomic E-state index is 0.0852. The Balaban J connectivity index is 2.98. The molecule has 1 rings (SSSR count). The fourth-order valence-electron chi connectivity index (χ4n) is 2.25. The Labute approximate surface area is 120 Å². The van der Waals surface area contributed by atoms with Gasteiger partial charge in [0.25, 0.3) is 0 Å². The van der Waals surface area contributed by atoms with E-state index in [0.29, 0.717) is 12.6 Å². The highest BCUT2D eigenvalue weighted by Gasteiger charge is 2.20. The molecule has 1 aromatic rings. The van der Waals surface area contributed by atoms with Gasteiger partial charge in [0.05, 0.1) is 23.8 Å². The summed E-state index contributed by atoms with van der Waals surface area (Å²) < 4.78 is 5.21. The van der Waals surface area contributed by atoms with Crippen LogP contribution in [-0.4, -0.2) is 36.4 Å². The maximum atomic E-state index is 9.40. The van der Waals surface area contributed by atoms with E-state index >= 15 is 0 Å². The first kappa shape index (κ1) is 16.4. The minimum Gasteiger partial charge on any atom is -0.391 e. The summed E-state index contributed by atoms with van der Waals surface area (Å²) in [5.41, 5.74) is 1.02. The lowest BCUT2D eigenvalue weighted by Crippen LogP contribution is -2.37. The molecule has 1 aromatic heterocycles. The summed E-state index contributed by atoms with van der Waals surface area (Å²) in [4.78, 5) is 8.02. The van der Waals surface area contributed by atoms with Gasteiger partial charge in [-0.25, -0.2) is 4.98 Å². The molecule has 0 radical (unpaired) electrons. The Morgan fingerprint density at radius 2 is 2.00 bits per heavy atom. The summed E-state index contributed by atoms with van der Waals surface area (Å²) in [5.74, 6) is 0. The molecule has 110 valence electrons. The van der Waals surface area contributed by atoms with Crippen LogP contribution in [0.25, 0.3) is 0 Å². The molecule has 0 aliphatic carbocycles. The molecular formula is C14H26N2O2S. The second-order valence-corrected chi connectivity index (χ2v) is 5.60. The number of aliphatic hydroxyl groups is 1. The third-order valence-corrected chi connectivity index (χ3v) is 4.53. The highest BCUT2D eigenvalue weighted by Crippen LogP contribution is 2.29. The van der Waals surface area contributed by atoms with Crippen LogP contribution >= 0.6 is 11.3 Å². The molecule has 0 saturated heterocycles. The van der Waals surface area contributed by atoms with Crippen molar-refractivity contribution in [3.8, 4) is 0 Å². The van der Waals surface area contributed by atoms with Gasteiger partial charge in [-0.2, -0.15) is 0 Å². The SMILES string of the molecule is CCc1nc(N(CCOC)C(CC)CC)sc1CO. The van der Waals surface area contributed by atoms with Gasteiger partial charge in [-0.15, -0.1) is 0 Å². The van der Waals surface area contributed by atoms with Gasteiger partial charge in [-0.1, -0.05) is 32.1 Å². The zero-order valence-corrected chi connectivity index (χ0v) is 13.3. The van der Waals surface area contributed by atoms with E-state index in [-0.39, 0.29) is 6.61 Å². The lowest BCUT2D eigenvalue weighted by Gasteiger charge is -2.30. The molecule has 0 aliphatic heterocycles. The maximum absolute atomic E-state index is 9.40. The lowest BCUT2D eigenvalue weighted by molar-refractivity contribution is 0.202. The van der Waals surface area contributed by atoms with E-state index in [2.05, 4.69) is 25.7 Å². The molecule has 0 aromatic carbocycles. The average molecular weight is 286 g/mol. The van der Waals surface area contributed by atoms with E-state index in [4.69, 9.17) is 9.72 Å². The Morgan fingerprint density at radius 1 is 1.32 bits per heavy atom. The number of nitrogens with zero attached hydrogens (tertiary/aromatic N) is 2. The van der Waals surface area contributed by atoms with E-state index in [0.717, 1.165) is 41.5 Å². The summed E-state index contributed by atoms with van der Waals surface area (Å²) in [6.07, 6.45) is 3.05. The summed E-state index contributed by atoms with van der Waals surface area (Å²) in [7, 11) is 1.73. The molecule has 0 saturated carbocycles. The van der Waals surface area contributed by atoms with E-state index in [1.165, 1.54) is 0 Å². The van der Waals surface area contributed by atoms with Crippen molar-refractivity contribution in [2.24, 2.45) is 0 Å². The van der Waals surface area contributed by atoms with Crippen molar-refractivity contribution in [3.05, 3.63) is 10.6 Å². The van der Waals surface area contributed by atoms with Gasteiger partial charge in [0.1, 0.15) is 0 Å². The van der Waals surface area contributed by atoms with E-state index in [1.807, 2.05) is 0 Å². The highest BCUT2D eigenvalue weighted by molar-refractivity contribution is 7.15. The largest absolute Gasteiger partial charge is 0.391 e. The van der Waals surface area contributed by atoms with Crippen molar-refractivity contribution in [2.75, 3.05) is 25.2 Å². The molecular weight excluding hydrogens is 260 g/mol. The van der Waals surface area contributed by atoms with Crippen LogP contribution in [0.4, 0.5) is 5.13 Å². The number of ether oxygens (including phenoxy) is 1. The van der Waals surface area contributed by atoms with Crippen LogP contribution < -0.4 is 4.90 Å². The molecule has 0 aliphatic rings. The van der Waals surface area contributed by atoms with Crippen molar-refractivity contribution in [3.63, 3.8) is 0 Å². The van der Waals surface area contributed by atoms with Gasteiger partial charge in [-0.3, -0.25) is 0 Å². The number of thiazole rings is 1. The van der Waals surface area contributed by atoms with Gasteiger partial charge in [-0.05, 0) is 19.3 Å². The molecule has 0 amide bonds. The molecule has 19 heavy (non-hydrogen) atoms. The standard InChI is InChI=1S/C14H26N2O2S/c1-5-11(6-2)16(8-9-18-4)14-15-12(7-3)13(10-17)19-14/h11,17H,5-10H2,1-4H3. The van der Waals surface area contributed by atoms with Crippen LogP contribution in [-0.2, 0) is 17.8 Å².